The van der Waals surface area contributed by atoms with Gasteiger partial charge in [0.05, 0.1) is 72.7 Å². The van der Waals surface area contributed by atoms with Crippen LogP contribution in [0.4, 0.5) is 0 Å². The van der Waals surface area contributed by atoms with Crippen LogP contribution in [0.2, 0.25) is 0 Å². The van der Waals surface area contributed by atoms with Crippen LogP contribution in [0.5, 0.6) is 0 Å². The van der Waals surface area contributed by atoms with Crippen molar-refractivity contribution in [1.82, 2.24) is 52.5 Å². The maximum Gasteiger partial charge on any atom is 0.303 e. The Balaban J connectivity index is 1.85. The van der Waals surface area contributed by atoms with Gasteiger partial charge < -0.3 is 147 Å². The first-order chi connectivity index (χ1) is 64.0. The Morgan fingerprint density at radius 2 is 0.667 bits per heavy atom. The first-order valence-electron chi connectivity index (χ1n) is 44.7. The molecule has 3 heterocycles. The second-order valence-corrected chi connectivity index (χ2v) is 33.1. The van der Waals surface area contributed by atoms with E-state index in [0.717, 1.165) is 95.4 Å². The second kappa shape index (κ2) is 66.5. The van der Waals surface area contributed by atoms with Gasteiger partial charge in [-0.2, -0.15) is 0 Å². The number of aliphatic imine (C=N–C) groups is 1. The van der Waals surface area contributed by atoms with E-state index < -0.39 is 253 Å². The van der Waals surface area contributed by atoms with Crippen LogP contribution in [0.1, 0.15) is 188 Å². The van der Waals surface area contributed by atoms with E-state index in [1.807, 2.05) is 0 Å². The fourth-order valence-electron chi connectivity index (χ4n) is 13.9. The van der Waals surface area contributed by atoms with Crippen molar-refractivity contribution in [3.63, 3.8) is 0 Å². The fourth-order valence-corrected chi connectivity index (χ4v) is 15.5. The highest BCUT2D eigenvalue weighted by molar-refractivity contribution is 7.44. The third-order valence-corrected chi connectivity index (χ3v) is 21.4. The number of ether oxygens (including phenoxy) is 18. The van der Waals surface area contributed by atoms with Gasteiger partial charge in [-0.15, -0.1) is 0 Å². The minimum Gasteiger partial charge on any atom is -0.463 e. The summed E-state index contributed by atoms with van der Waals surface area (Å²) in [5.74, 6) is -13.1. The molecule has 3 rings (SSSR count). The van der Waals surface area contributed by atoms with Gasteiger partial charge >= 0.3 is 53.7 Å². The zero-order valence-corrected chi connectivity index (χ0v) is 81.0. The Labute approximate surface area is 786 Å². The van der Waals surface area contributed by atoms with Crippen LogP contribution in [0.3, 0.4) is 0 Å². The van der Waals surface area contributed by atoms with E-state index in [2.05, 4.69) is 85.2 Å². The predicted molar refractivity (Wildman–Crippen MR) is 469 cm³/mol. The minimum atomic E-state index is -1.47. The van der Waals surface area contributed by atoms with Crippen LogP contribution in [0.25, 0.3) is 0 Å². The first-order valence-corrected chi connectivity index (χ1v) is 45.9. The molecule has 0 saturated carbocycles. The van der Waals surface area contributed by atoms with Gasteiger partial charge in [0.15, 0.2) is 55.5 Å². The molecule has 0 spiro atoms. The number of hydrogen-bond donors (Lipinski definition) is 9. The number of carbonyl (C=O) groups is 18. The summed E-state index contributed by atoms with van der Waals surface area (Å²) in [6, 6.07) is -6.38. The van der Waals surface area contributed by atoms with Gasteiger partial charge in [0.25, 0.3) is 8.53 Å². The van der Waals surface area contributed by atoms with Crippen molar-refractivity contribution >= 4 is 122 Å². The van der Waals surface area contributed by atoms with Gasteiger partial charge in [0.1, 0.15) is 68.3 Å². The van der Waals surface area contributed by atoms with Gasteiger partial charge in [-0.1, -0.05) is 12.8 Å². The molecule has 135 heavy (non-hydrogen) atoms. The maximum absolute atomic E-state index is 14.2. The summed E-state index contributed by atoms with van der Waals surface area (Å²) in [5, 5.41) is 23.8. The van der Waals surface area contributed by atoms with E-state index >= 15 is 0 Å². The highest BCUT2D eigenvalue weighted by Gasteiger charge is 2.55. The lowest BCUT2D eigenvalue weighted by Gasteiger charge is -2.44. The van der Waals surface area contributed by atoms with Gasteiger partial charge in [-0.3, -0.25) is 86.3 Å². The molecular weight excluding hydrogens is 1810 g/mol. The number of unbranched alkanes of at least 4 members (excludes halogenated alkanes) is 3. The molecular formula is C85H140N11O38P. The summed E-state index contributed by atoms with van der Waals surface area (Å²) in [6.07, 6.45) is -12.9. The lowest BCUT2D eigenvalue weighted by molar-refractivity contribution is -0.279. The normalized spacial score (nSPS) is 22.1. The smallest absolute Gasteiger partial charge is 0.303 e. The van der Waals surface area contributed by atoms with Gasteiger partial charge in [-0.05, 0) is 59.8 Å². The number of nitrogens with one attached hydrogen (secondary N) is 9. The van der Waals surface area contributed by atoms with E-state index in [9.17, 15) is 86.3 Å². The fraction of sp³-hybridized carbons (Fsp3) is 0.776. The van der Waals surface area contributed by atoms with Gasteiger partial charge in [-0.25, -0.2) is 4.67 Å². The molecule has 18 atom stereocenters. The Morgan fingerprint density at radius 1 is 0.348 bits per heavy atom. The van der Waals surface area contributed by atoms with Gasteiger partial charge in [0.2, 0.25) is 53.2 Å². The molecule has 0 aliphatic carbocycles. The average Bonchev–Trinajstić information content (AvgIpc) is 0.794. The standard InChI is InChI=1S/C85H140N11O38P/c1-49(2)96(50(3)4)135(125-36-23-30-86-17)124-35-21-19-18-20-31-87-68(109)24-22-25-70(111)94-64(82(114)90-34-39-117-42-45-120-85-74(93-53(7)99)80(131-62(16)108)77(128-59(13)105)67(134-85)48-123-56(10)102)27-29-71(112)95-63(81(113)89-33-38-116-41-44-119-84-73(92-52(6)98)79(130-61(15)107)76(127-58(12)104)66(133-84)47-122-55(9)101)26-28-69(110)88-32-37-115-40-43-118-83-72(91-51(5)97)78(129-60(14)106)75(126-57(11)103)65(132-83)46-121-54(8)100/h30,49-50,63-67,72-80,83-85H,18-29,31-48H2,1-17H3,(H,87,109)(H,88,110)(H,89,113)(H,90,114)(H,91,97)(H,92,98)(H,93,99)(H,94,111)(H,95,112). The molecule has 50 heteroatoms. The van der Waals surface area contributed by atoms with E-state index in [1.165, 1.54) is 6.92 Å². The van der Waals surface area contributed by atoms with Crippen molar-refractivity contribution in [2.75, 3.05) is 126 Å². The number of esters is 9. The maximum atomic E-state index is 14.2. The monoisotopic (exact) mass is 1950 g/mol. The summed E-state index contributed by atoms with van der Waals surface area (Å²) < 4.78 is 116. The van der Waals surface area contributed by atoms with Crippen molar-refractivity contribution in [3.8, 4) is 0 Å². The highest BCUT2D eigenvalue weighted by atomic mass is 31.2. The van der Waals surface area contributed by atoms with E-state index in [4.69, 9.17) is 94.3 Å². The molecule has 0 radical (unpaired) electrons. The molecule has 18 unspecified atom stereocenters. The van der Waals surface area contributed by atoms with E-state index in [1.54, 1.807) is 13.3 Å². The molecule has 49 nitrogen and oxygen atoms in total. The highest BCUT2D eigenvalue weighted by Crippen LogP contribution is 2.46. The Hall–Kier alpha value is -9.92. The van der Waals surface area contributed by atoms with Crippen LogP contribution in [0, 0.1) is 0 Å². The van der Waals surface area contributed by atoms with Crippen molar-refractivity contribution in [2.24, 2.45) is 4.99 Å². The first kappa shape index (κ1) is 119. The van der Waals surface area contributed by atoms with E-state index in [0.29, 0.717) is 32.6 Å². The molecule has 3 fully saturated rings. The molecule has 0 aromatic carbocycles. The second-order valence-electron chi connectivity index (χ2n) is 31.7. The van der Waals surface area contributed by atoms with Crippen molar-refractivity contribution < 1.29 is 181 Å². The number of hydrogen-bond acceptors (Lipinski definition) is 40. The summed E-state index contributed by atoms with van der Waals surface area (Å²) in [7, 11) is 0.400. The SMILES string of the molecule is CN=CCCOP(OCCCCCCNC(=O)CCCC(=O)NC(CCC(=O)NC(CCC(=O)NCCOCCOC1OC(COC(C)=O)C(OC(C)=O)C(OC(C)=O)C1NC(C)=O)C(=O)NCCOCCOC1OC(COC(C)=O)C(OC(C)=O)C(OC(C)=O)C1NC(C)=O)C(=O)NCCOCCOC1OC(COC(C)=O)C(OC(C)=O)C(OC(C)=O)C1NC(C)=O)N(C(C)C)C(C)C. The lowest BCUT2D eigenvalue weighted by Crippen LogP contribution is -2.66. The summed E-state index contributed by atoms with van der Waals surface area (Å²) in [6.45, 7) is 19.0. The molecule has 0 aromatic heterocycles. The molecule has 0 aromatic rings. The minimum absolute atomic E-state index is 0.0498. The van der Waals surface area contributed by atoms with Crippen molar-refractivity contribution in [3.05, 3.63) is 0 Å². The van der Waals surface area contributed by atoms with Crippen molar-refractivity contribution in [2.45, 2.75) is 304 Å². The van der Waals surface area contributed by atoms with Crippen LogP contribution in [0.15, 0.2) is 4.99 Å². The molecule has 0 bridgehead atoms. The Morgan fingerprint density at radius 3 is 1.01 bits per heavy atom. The summed E-state index contributed by atoms with van der Waals surface area (Å²) in [4.78, 5) is 234. The molecule has 3 aliphatic rings. The average molecular weight is 1960 g/mol. The topological polar surface area (TPSA) is 616 Å². The number of amides is 9. The van der Waals surface area contributed by atoms with E-state index in [-0.39, 0.29) is 123 Å². The molecule has 3 saturated heterocycles. The quantitative estimate of drug-likeness (QED) is 0.0119. The predicted octanol–water partition coefficient (Wildman–Crippen LogP) is -0.751. The van der Waals surface area contributed by atoms with Gasteiger partial charge in [0, 0.05) is 167 Å². The third-order valence-electron chi connectivity index (χ3n) is 19.3. The van der Waals surface area contributed by atoms with Crippen LogP contribution in [-0.4, -0.2) is 360 Å². The van der Waals surface area contributed by atoms with Crippen LogP contribution in [-0.2, 0) is 181 Å². The number of carbonyl (C=O) groups excluding carboxylic acids is 18. The third kappa shape index (κ3) is 50.1. The summed E-state index contributed by atoms with van der Waals surface area (Å²) >= 11 is 0. The Bertz CT molecular complexity index is 3790. The zero-order chi connectivity index (χ0) is 101. The molecule has 9 amide bonds. The Kier molecular flexibility index (Phi) is 58.8. The van der Waals surface area contributed by atoms with Crippen LogP contribution >= 0.6 is 8.53 Å². The zero-order valence-electron chi connectivity index (χ0n) is 80.1. The number of nitrogens with zero attached hydrogens (tertiary/aromatic N) is 2. The number of rotatable bonds is 65. The molecule has 9 N–H and O–H groups in total. The summed E-state index contributed by atoms with van der Waals surface area (Å²) in [5.41, 5.74) is 0. The van der Waals surface area contributed by atoms with Crippen molar-refractivity contribution in [1.29, 1.82) is 0 Å². The largest absolute Gasteiger partial charge is 0.463 e. The van der Waals surface area contributed by atoms with Crippen LogP contribution < -0.4 is 47.9 Å². The molecule has 3 aliphatic heterocycles. The molecule has 768 valence electrons. The lowest BCUT2D eigenvalue weighted by atomic mass is 9.96.